The molecule has 0 amide bonds. The van der Waals surface area contributed by atoms with Crippen LogP contribution in [0.25, 0.3) is 0 Å². The lowest BCUT2D eigenvalue weighted by molar-refractivity contribution is 0.422. The van der Waals surface area contributed by atoms with E-state index >= 15 is 0 Å². The molecule has 1 N–H and O–H groups in total. The average molecular weight is 242 g/mol. The summed E-state index contributed by atoms with van der Waals surface area (Å²) in [6.07, 6.45) is 3.84. The zero-order valence-corrected chi connectivity index (χ0v) is 10.6. The summed E-state index contributed by atoms with van der Waals surface area (Å²) in [6.45, 7) is 4.02. The molecule has 1 aromatic carbocycles. The zero-order valence-electron chi connectivity index (χ0n) is 10.6. The molecule has 0 spiro atoms. The third-order valence-corrected chi connectivity index (χ3v) is 3.54. The van der Waals surface area contributed by atoms with Gasteiger partial charge in [0, 0.05) is 18.9 Å². The molecule has 2 aromatic rings. The van der Waals surface area contributed by atoms with Crippen molar-refractivity contribution in [1.29, 1.82) is 0 Å². The van der Waals surface area contributed by atoms with Crippen LogP contribution in [0.3, 0.4) is 0 Å². The molecule has 3 nitrogen and oxygen atoms in total. The van der Waals surface area contributed by atoms with Crippen LogP contribution in [0, 0.1) is 0 Å². The topological polar surface area (TPSA) is 38.1 Å². The van der Waals surface area contributed by atoms with Crippen molar-refractivity contribution in [3.8, 4) is 0 Å². The molecule has 18 heavy (non-hydrogen) atoms. The van der Waals surface area contributed by atoms with Crippen molar-refractivity contribution in [3.05, 3.63) is 53.2 Å². The van der Waals surface area contributed by atoms with Gasteiger partial charge < -0.3 is 9.73 Å². The van der Waals surface area contributed by atoms with Crippen LogP contribution in [0.1, 0.15) is 35.6 Å². The number of benzene rings is 1. The van der Waals surface area contributed by atoms with Crippen LogP contribution in [-0.2, 0) is 12.8 Å². The van der Waals surface area contributed by atoms with Crippen LogP contribution in [0.15, 0.2) is 34.9 Å². The second kappa shape index (κ2) is 4.94. The Morgan fingerprint density at radius 2 is 2.28 bits per heavy atom. The third-order valence-electron chi connectivity index (χ3n) is 3.54. The van der Waals surface area contributed by atoms with Crippen molar-refractivity contribution in [2.45, 2.75) is 25.7 Å². The number of oxazole rings is 1. The molecule has 0 saturated carbocycles. The normalized spacial score (nSPS) is 17.3. The number of nitrogens with zero attached hydrogens (tertiary/aromatic N) is 1. The minimum Gasteiger partial charge on any atom is -0.445 e. The number of hydrogen-bond acceptors (Lipinski definition) is 3. The maximum absolute atomic E-state index is 5.84. The number of nitrogens with one attached hydrogen (secondary N) is 1. The van der Waals surface area contributed by atoms with Gasteiger partial charge in [0.15, 0.2) is 5.89 Å². The Labute approximate surface area is 107 Å². The van der Waals surface area contributed by atoms with Gasteiger partial charge in [-0.2, -0.15) is 0 Å². The van der Waals surface area contributed by atoms with E-state index in [0.29, 0.717) is 5.92 Å². The highest BCUT2D eigenvalue weighted by molar-refractivity contribution is 5.44. The van der Waals surface area contributed by atoms with Crippen LogP contribution in [0.5, 0.6) is 0 Å². The van der Waals surface area contributed by atoms with E-state index in [1.54, 1.807) is 0 Å². The van der Waals surface area contributed by atoms with Crippen molar-refractivity contribution in [1.82, 2.24) is 10.3 Å². The molecule has 1 unspecified atom stereocenters. The van der Waals surface area contributed by atoms with Crippen molar-refractivity contribution < 1.29 is 4.42 Å². The number of hydrogen-bond donors (Lipinski definition) is 1. The first-order valence-corrected chi connectivity index (χ1v) is 6.61. The third kappa shape index (κ3) is 2.06. The Bertz CT molecular complexity index is 533. The molecular weight excluding hydrogens is 224 g/mol. The molecular formula is C15H18N2O. The van der Waals surface area contributed by atoms with E-state index in [4.69, 9.17) is 4.42 Å². The van der Waals surface area contributed by atoms with Gasteiger partial charge >= 0.3 is 0 Å². The Morgan fingerprint density at radius 1 is 1.39 bits per heavy atom. The maximum atomic E-state index is 5.84. The van der Waals surface area contributed by atoms with Crippen LogP contribution in [0.2, 0.25) is 0 Å². The highest BCUT2D eigenvalue weighted by Crippen LogP contribution is 2.39. The Balaban J connectivity index is 1.68. The van der Waals surface area contributed by atoms with Crippen molar-refractivity contribution in [2.24, 2.45) is 0 Å². The van der Waals surface area contributed by atoms with Crippen molar-refractivity contribution >= 4 is 0 Å². The molecule has 0 radical (unpaired) electrons. The summed E-state index contributed by atoms with van der Waals surface area (Å²) in [5, 5.41) is 3.28. The smallest absolute Gasteiger partial charge is 0.195 e. The fraction of sp³-hybridized carbons (Fsp3) is 0.400. The van der Waals surface area contributed by atoms with Gasteiger partial charge in [-0.1, -0.05) is 31.2 Å². The Kier molecular flexibility index (Phi) is 3.15. The largest absolute Gasteiger partial charge is 0.445 e. The van der Waals surface area contributed by atoms with Gasteiger partial charge in [-0.15, -0.1) is 0 Å². The number of aromatic nitrogens is 1. The molecule has 3 heteroatoms. The molecule has 0 saturated heterocycles. The lowest BCUT2D eigenvalue weighted by Gasteiger charge is -2.27. The van der Waals surface area contributed by atoms with Crippen molar-refractivity contribution in [3.63, 3.8) is 0 Å². The summed E-state index contributed by atoms with van der Waals surface area (Å²) in [7, 11) is 0. The standard InChI is InChI=1S/C15H18N2O/c1-2-16-8-7-15-17-10-14(18-15)13-9-11-5-3-4-6-12(11)13/h3-6,10,13,16H,2,7-9H2,1H3. The average Bonchev–Trinajstić information content (AvgIpc) is 2.80. The summed E-state index contributed by atoms with van der Waals surface area (Å²) in [5.41, 5.74) is 2.83. The summed E-state index contributed by atoms with van der Waals surface area (Å²) in [4.78, 5) is 4.36. The van der Waals surface area contributed by atoms with Gasteiger partial charge in [0.1, 0.15) is 5.76 Å². The molecule has 0 fully saturated rings. The van der Waals surface area contributed by atoms with E-state index in [2.05, 4.69) is 41.5 Å². The lowest BCUT2D eigenvalue weighted by Crippen LogP contribution is -2.17. The summed E-state index contributed by atoms with van der Waals surface area (Å²) in [5.74, 6) is 2.28. The predicted octanol–water partition coefficient (Wildman–Crippen LogP) is 2.51. The molecule has 1 aromatic heterocycles. The van der Waals surface area contributed by atoms with Gasteiger partial charge in [0.05, 0.1) is 6.20 Å². The van der Waals surface area contributed by atoms with E-state index in [1.165, 1.54) is 11.1 Å². The lowest BCUT2D eigenvalue weighted by atomic mass is 9.76. The zero-order chi connectivity index (χ0) is 12.4. The highest BCUT2D eigenvalue weighted by atomic mass is 16.4. The fourth-order valence-corrected chi connectivity index (χ4v) is 2.49. The molecule has 0 aliphatic heterocycles. The number of likely N-dealkylation sites (N-methyl/N-ethyl adjacent to an activating group) is 1. The van der Waals surface area contributed by atoms with Gasteiger partial charge in [-0.05, 0) is 24.1 Å². The van der Waals surface area contributed by atoms with E-state index in [0.717, 1.165) is 37.6 Å². The fourth-order valence-electron chi connectivity index (χ4n) is 2.49. The van der Waals surface area contributed by atoms with Crippen LogP contribution >= 0.6 is 0 Å². The van der Waals surface area contributed by atoms with Gasteiger partial charge in [0.25, 0.3) is 0 Å². The minimum atomic E-state index is 0.418. The second-order valence-electron chi connectivity index (χ2n) is 4.72. The van der Waals surface area contributed by atoms with Gasteiger partial charge in [-0.25, -0.2) is 4.98 Å². The predicted molar refractivity (Wildman–Crippen MR) is 70.7 cm³/mol. The highest BCUT2D eigenvalue weighted by Gasteiger charge is 2.29. The Hall–Kier alpha value is -1.61. The van der Waals surface area contributed by atoms with E-state index in [-0.39, 0.29) is 0 Å². The molecule has 0 bridgehead atoms. The maximum Gasteiger partial charge on any atom is 0.195 e. The van der Waals surface area contributed by atoms with Crippen LogP contribution in [-0.4, -0.2) is 18.1 Å². The molecule has 1 atom stereocenters. The van der Waals surface area contributed by atoms with Crippen molar-refractivity contribution in [2.75, 3.05) is 13.1 Å². The van der Waals surface area contributed by atoms with E-state index < -0.39 is 0 Å². The Morgan fingerprint density at radius 3 is 3.11 bits per heavy atom. The molecule has 94 valence electrons. The summed E-state index contributed by atoms with van der Waals surface area (Å²) >= 11 is 0. The number of fused-ring (bicyclic) bond motifs is 1. The molecule has 1 heterocycles. The van der Waals surface area contributed by atoms with Gasteiger partial charge in [-0.3, -0.25) is 0 Å². The molecule has 1 aliphatic carbocycles. The monoisotopic (exact) mass is 242 g/mol. The van der Waals surface area contributed by atoms with E-state index in [1.807, 2.05) is 6.20 Å². The van der Waals surface area contributed by atoms with Gasteiger partial charge in [0.2, 0.25) is 0 Å². The SMILES string of the molecule is CCNCCc1ncc(C2Cc3ccccc32)o1. The molecule has 3 rings (SSSR count). The summed E-state index contributed by atoms with van der Waals surface area (Å²) in [6, 6.07) is 8.56. The second-order valence-corrected chi connectivity index (χ2v) is 4.72. The minimum absolute atomic E-state index is 0.418. The summed E-state index contributed by atoms with van der Waals surface area (Å²) < 4.78 is 5.84. The first-order valence-electron chi connectivity index (χ1n) is 6.61. The number of rotatable bonds is 5. The first-order chi connectivity index (χ1) is 8.88. The van der Waals surface area contributed by atoms with E-state index in [9.17, 15) is 0 Å². The first kappa shape index (κ1) is 11.5. The quantitative estimate of drug-likeness (QED) is 0.819. The van der Waals surface area contributed by atoms with Crippen LogP contribution in [0.4, 0.5) is 0 Å². The molecule has 1 aliphatic rings. The van der Waals surface area contributed by atoms with Crippen LogP contribution < -0.4 is 5.32 Å².